The molecule has 0 heterocycles. The van der Waals surface area contributed by atoms with Gasteiger partial charge < -0.3 is 16.0 Å². The molecule has 0 radical (unpaired) electrons. The Balaban J connectivity index is 0.000000113. The zero-order chi connectivity index (χ0) is 65.1. The Morgan fingerprint density at radius 1 is 0.177 bits per heavy atom. The first-order valence-electron chi connectivity index (χ1n) is 33.6. The summed E-state index contributed by atoms with van der Waals surface area (Å²) in [5.74, 6) is 0. The molecule has 3 aliphatic carbocycles. The average Bonchev–Trinajstić information content (AvgIpc) is 1.60. The van der Waals surface area contributed by atoms with Crippen LogP contribution in [0.15, 0.2) is 328 Å². The van der Waals surface area contributed by atoms with Crippen molar-refractivity contribution in [2.45, 2.75) is 57.8 Å². The van der Waals surface area contributed by atoms with Gasteiger partial charge in [-0.15, -0.1) is 0 Å². The Morgan fingerprint density at radius 3 is 1.01 bits per heavy atom. The summed E-state index contributed by atoms with van der Waals surface area (Å²) >= 11 is 0. The van der Waals surface area contributed by atoms with Crippen molar-refractivity contribution in [1.29, 1.82) is 0 Å². The fourth-order valence-electron chi connectivity index (χ4n) is 15.3. The molecule has 0 bridgehead atoms. The molecular formula is C93H75N3. The van der Waals surface area contributed by atoms with Crippen molar-refractivity contribution in [3.63, 3.8) is 0 Å². The average molecular weight is 1230 g/mol. The molecule has 0 atom stereocenters. The van der Waals surface area contributed by atoms with Crippen LogP contribution in [0.25, 0.3) is 99.1 Å². The Labute approximate surface area is 564 Å². The molecule has 0 aromatic heterocycles. The SMILES string of the molecule is CC1(C)c2ccccc2-c2ccc(Nc3ccc(-c4ccc5ccccc5c4)cc3)cc21.CC1(C)c2ccccc2-c2ccc(Nc3ccc(-c4cccc5ccccc45)cc3)cc21.CC1(C)c2ccccc2-c2ccc(Nc3ccc4cc(-c5ccccc5)ccc4c3)cc21. The van der Waals surface area contributed by atoms with Crippen molar-refractivity contribution in [2.75, 3.05) is 16.0 Å². The van der Waals surface area contributed by atoms with Crippen molar-refractivity contribution in [2.24, 2.45) is 0 Å². The van der Waals surface area contributed by atoms with E-state index in [0.717, 1.165) is 34.1 Å². The monoisotopic (exact) mass is 1230 g/mol. The van der Waals surface area contributed by atoms with Gasteiger partial charge in [-0.25, -0.2) is 0 Å². The number of rotatable bonds is 9. The van der Waals surface area contributed by atoms with E-state index < -0.39 is 0 Å². The van der Waals surface area contributed by atoms with E-state index in [4.69, 9.17) is 0 Å². The standard InChI is InChI=1S/3C31H25N/c1-31(2)29-13-6-5-11-27(29)28-19-18-24(20-30(28)31)32-23-16-14-22(15-17-23)26-12-7-9-21-8-3-4-10-25(21)26;1-31(2)29-10-6-5-9-27(29)28-18-17-26(20-30(28)31)32-25-15-13-22(14-16-25)24-12-11-21-7-3-4-8-23(21)19-24;1-31(2)29-11-7-6-10-27(29)28-17-16-26(20-30(28)31)32-25-15-14-23-18-22(12-13-24(23)19-25)21-8-4-3-5-9-21/h3*3-20,32H,1-2H3. The summed E-state index contributed by atoms with van der Waals surface area (Å²) in [4.78, 5) is 0. The molecule has 0 fully saturated rings. The number of hydrogen-bond donors (Lipinski definition) is 3. The van der Waals surface area contributed by atoms with Gasteiger partial charge in [0.1, 0.15) is 0 Å². The van der Waals surface area contributed by atoms with Gasteiger partial charge in [-0.05, 0) is 217 Å². The third-order valence-corrected chi connectivity index (χ3v) is 20.5. The fourth-order valence-corrected chi connectivity index (χ4v) is 15.3. The van der Waals surface area contributed by atoms with Gasteiger partial charge in [0.25, 0.3) is 0 Å². The van der Waals surface area contributed by atoms with Crippen molar-refractivity contribution in [3.05, 3.63) is 361 Å². The molecule has 3 N–H and O–H groups in total. The maximum Gasteiger partial charge on any atom is 0.0390 e. The third kappa shape index (κ3) is 11.0. The molecule has 15 aromatic rings. The van der Waals surface area contributed by atoms with Crippen LogP contribution in [0, 0.1) is 0 Å². The molecule has 3 nitrogen and oxygen atoms in total. The molecule has 462 valence electrons. The van der Waals surface area contributed by atoms with Crippen LogP contribution in [0.3, 0.4) is 0 Å². The number of nitrogens with one attached hydrogen (secondary N) is 3. The van der Waals surface area contributed by atoms with Crippen LogP contribution in [0.1, 0.15) is 74.9 Å². The number of anilines is 6. The quantitative estimate of drug-likeness (QED) is 0.135. The van der Waals surface area contributed by atoms with E-state index in [0.29, 0.717) is 0 Å². The topological polar surface area (TPSA) is 36.1 Å². The predicted molar refractivity (Wildman–Crippen MR) is 410 cm³/mol. The lowest BCUT2D eigenvalue weighted by Gasteiger charge is -2.22. The van der Waals surface area contributed by atoms with E-state index in [1.54, 1.807) is 0 Å². The molecule has 15 aromatic carbocycles. The van der Waals surface area contributed by atoms with Crippen LogP contribution in [0.4, 0.5) is 34.1 Å². The van der Waals surface area contributed by atoms with Gasteiger partial charge in [-0.2, -0.15) is 0 Å². The summed E-state index contributed by atoms with van der Waals surface area (Å²) in [7, 11) is 0. The van der Waals surface area contributed by atoms with Crippen molar-refractivity contribution < 1.29 is 0 Å². The maximum atomic E-state index is 3.64. The van der Waals surface area contributed by atoms with Crippen molar-refractivity contribution in [3.8, 4) is 66.8 Å². The van der Waals surface area contributed by atoms with E-state index in [-0.39, 0.29) is 16.2 Å². The second-order valence-electron chi connectivity index (χ2n) is 27.6. The highest BCUT2D eigenvalue weighted by atomic mass is 14.9. The van der Waals surface area contributed by atoms with Crippen LogP contribution < -0.4 is 16.0 Å². The Hall–Kier alpha value is -11.5. The Kier molecular flexibility index (Phi) is 14.9. The fraction of sp³-hybridized carbons (Fsp3) is 0.0968. The van der Waals surface area contributed by atoms with Crippen molar-refractivity contribution >= 4 is 66.4 Å². The summed E-state index contributed by atoms with van der Waals surface area (Å²) in [5.41, 5.74) is 30.7. The molecule has 0 unspecified atom stereocenters. The van der Waals surface area contributed by atoms with E-state index in [1.165, 1.54) is 132 Å². The molecule has 96 heavy (non-hydrogen) atoms. The second kappa shape index (κ2) is 24.1. The predicted octanol–water partition coefficient (Wildman–Crippen LogP) is 25.7. The van der Waals surface area contributed by atoms with Crippen molar-refractivity contribution in [1.82, 2.24) is 0 Å². The van der Waals surface area contributed by atoms with Crippen LogP contribution in [-0.2, 0) is 16.2 Å². The van der Waals surface area contributed by atoms with Crippen LogP contribution in [-0.4, -0.2) is 0 Å². The van der Waals surface area contributed by atoms with Gasteiger partial charge in [-0.1, -0.05) is 284 Å². The lowest BCUT2D eigenvalue weighted by Crippen LogP contribution is -2.15. The minimum atomic E-state index is 0.0147. The van der Waals surface area contributed by atoms with E-state index in [1.807, 2.05) is 0 Å². The Bertz CT molecular complexity index is 5450. The van der Waals surface area contributed by atoms with Crippen LogP contribution in [0.2, 0.25) is 0 Å². The van der Waals surface area contributed by atoms with Gasteiger partial charge in [0.05, 0.1) is 0 Å². The molecule has 18 rings (SSSR count). The highest BCUT2D eigenvalue weighted by Crippen LogP contribution is 2.52. The first-order valence-corrected chi connectivity index (χ1v) is 33.6. The molecule has 0 saturated carbocycles. The summed E-state index contributed by atoms with van der Waals surface area (Å²) in [6.07, 6.45) is 0. The highest BCUT2D eigenvalue weighted by Gasteiger charge is 2.37. The zero-order valence-electron chi connectivity index (χ0n) is 55.2. The number of hydrogen-bond acceptors (Lipinski definition) is 3. The minimum absolute atomic E-state index is 0.0147. The van der Waals surface area contributed by atoms with E-state index in [2.05, 4.69) is 385 Å². The first-order chi connectivity index (χ1) is 46.8. The lowest BCUT2D eigenvalue weighted by molar-refractivity contribution is 0.660. The summed E-state index contributed by atoms with van der Waals surface area (Å²) in [5, 5.41) is 18.5. The lowest BCUT2D eigenvalue weighted by atomic mass is 9.82. The van der Waals surface area contributed by atoms with Gasteiger partial charge in [0, 0.05) is 50.4 Å². The third-order valence-electron chi connectivity index (χ3n) is 20.5. The minimum Gasteiger partial charge on any atom is -0.356 e. The number of fused-ring (bicyclic) bond motifs is 12. The molecule has 0 amide bonds. The van der Waals surface area contributed by atoms with Gasteiger partial charge in [0.2, 0.25) is 0 Å². The van der Waals surface area contributed by atoms with E-state index in [9.17, 15) is 0 Å². The van der Waals surface area contributed by atoms with Gasteiger partial charge >= 0.3 is 0 Å². The zero-order valence-corrected chi connectivity index (χ0v) is 55.2. The molecule has 0 spiro atoms. The normalized spacial score (nSPS) is 13.6. The maximum absolute atomic E-state index is 3.64. The Morgan fingerprint density at radius 2 is 0.490 bits per heavy atom. The smallest absolute Gasteiger partial charge is 0.0390 e. The van der Waals surface area contributed by atoms with E-state index >= 15 is 0 Å². The number of benzene rings is 15. The molecule has 3 aliphatic rings. The molecule has 0 aliphatic heterocycles. The largest absolute Gasteiger partial charge is 0.356 e. The highest BCUT2D eigenvalue weighted by molar-refractivity contribution is 5.97. The second-order valence-corrected chi connectivity index (χ2v) is 27.6. The molecular weight excluding hydrogens is 1160 g/mol. The van der Waals surface area contributed by atoms with Crippen LogP contribution in [0.5, 0.6) is 0 Å². The summed E-state index contributed by atoms with van der Waals surface area (Å²) < 4.78 is 0. The van der Waals surface area contributed by atoms with Gasteiger partial charge in [0.15, 0.2) is 0 Å². The van der Waals surface area contributed by atoms with Gasteiger partial charge in [-0.3, -0.25) is 0 Å². The van der Waals surface area contributed by atoms with Crippen LogP contribution >= 0.6 is 0 Å². The summed E-state index contributed by atoms with van der Waals surface area (Å²) in [6, 6.07) is 118. The first kappa shape index (κ1) is 59.5. The molecule has 0 saturated heterocycles. The summed E-state index contributed by atoms with van der Waals surface area (Å²) in [6.45, 7) is 13.9. The molecule has 3 heteroatoms.